The van der Waals surface area contributed by atoms with E-state index in [-0.39, 0.29) is 5.41 Å². The van der Waals surface area contributed by atoms with Crippen molar-refractivity contribution in [3.05, 3.63) is 27.7 Å². The smallest absolute Gasteiger partial charge is 0.140 e. The van der Waals surface area contributed by atoms with Gasteiger partial charge in [0.25, 0.3) is 0 Å². The Morgan fingerprint density at radius 3 is 1.94 bits per heavy atom. The van der Waals surface area contributed by atoms with Gasteiger partial charge in [-0.3, -0.25) is 5.73 Å². The van der Waals surface area contributed by atoms with Crippen LogP contribution < -0.4 is 11.5 Å². The molecule has 17 heavy (non-hydrogen) atoms. The normalized spacial score (nSPS) is 15.7. The minimum Gasteiger partial charge on any atom is -0.396 e. The molecule has 0 spiro atoms. The van der Waals surface area contributed by atoms with Crippen molar-refractivity contribution in [2.24, 2.45) is 11.1 Å². The molecule has 0 amide bonds. The second kappa shape index (κ2) is 4.65. The first-order valence-corrected chi connectivity index (χ1v) is 6.05. The van der Waals surface area contributed by atoms with Crippen LogP contribution in [0.4, 0.5) is 5.69 Å². The third-order valence-corrected chi connectivity index (χ3v) is 3.00. The molecular formula is C12H18Cl2N2O. The summed E-state index contributed by atoms with van der Waals surface area (Å²) in [5.41, 5.74) is 10.7. The minimum absolute atomic E-state index is 0.121. The van der Waals surface area contributed by atoms with Crippen molar-refractivity contribution in [2.45, 2.75) is 32.9 Å². The van der Waals surface area contributed by atoms with Crippen LogP contribution in [0.3, 0.4) is 0 Å². The molecule has 1 aromatic carbocycles. The number of hydrogen-bond acceptors (Lipinski definition) is 3. The monoisotopic (exact) mass is 276 g/mol. The molecule has 0 aromatic heterocycles. The van der Waals surface area contributed by atoms with E-state index >= 15 is 0 Å². The molecule has 0 aliphatic heterocycles. The largest absolute Gasteiger partial charge is 0.396 e. The van der Waals surface area contributed by atoms with E-state index in [4.69, 9.17) is 34.7 Å². The molecule has 3 nitrogen and oxygen atoms in total. The summed E-state index contributed by atoms with van der Waals surface area (Å²) in [6.07, 6.45) is 0.385. The van der Waals surface area contributed by atoms with Gasteiger partial charge in [0.05, 0.1) is 15.7 Å². The molecule has 1 atom stereocenters. The summed E-state index contributed by atoms with van der Waals surface area (Å²) >= 11 is 11.8. The van der Waals surface area contributed by atoms with E-state index in [2.05, 4.69) is 0 Å². The number of rotatable bonds is 2. The highest BCUT2D eigenvalue weighted by Gasteiger charge is 2.31. The predicted molar refractivity (Wildman–Crippen MR) is 73.0 cm³/mol. The average Bonchev–Trinajstić information content (AvgIpc) is 2.09. The Morgan fingerprint density at radius 2 is 1.59 bits per heavy atom. The summed E-state index contributed by atoms with van der Waals surface area (Å²) < 4.78 is 0. The van der Waals surface area contributed by atoms with Gasteiger partial charge in [-0.15, -0.1) is 0 Å². The van der Waals surface area contributed by atoms with E-state index in [0.29, 0.717) is 27.7 Å². The molecule has 0 saturated heterocycles. The van der Waals surface area contributed by atoms with Gasteiger partial charge in [0.2, 0.25) is 0 Å². The molecule has 5 heteroatoms. The summed E-state index contributed by atoms with van der Waals surface area (Å²) in [5, 5.41) is 10.9. The second-order valence-corrected chi connectivity index (χ2v) is 6.33. The number of nitrogens with two attached hydrogens (primary N) is 2. The highest BCUT2D eigenvalue weighted by Crippen LogP contribution is 2.36. The predicted octanol–water partition coefficient (Wildman–Crippen LogP) is 3.12. The highest BCUT2D eigenvalue weighted by molar-refractivity contribution is 6.38. The van der Waals surface area contributed by atoms with E-state index < -0.39 is 5.72 Å². The molecule has 96 valence electrons. The Morgan fingerprint density at radius 1 is 1.18 bits per heavy atom. The van der Waals surface area contributed by atoms with E-state index in [9.17, 15) is 5.11 Å². The molecule has 1 unspecified atom stereocenters. The fourth-order valence-corrected chi connectivity index (χ4v) is 2.23. The first kappa shape index (κ1) is 14.6. The minimum atomic E-state index is -1.47. The molecule has 0 radical (unpaired) electrons. The van der Waals surface area contributed by atoms with Gasteiger partial charge in [0.1, 0.15) is 5.72 Å². The Labute approximate surface area is 112 Å². The first-order chi connectivity index (χ1) is 7.53. The fraction of sp³-hybridized carbons (Fsp3) is 0.500. The molecule has 1 rings (SSSR count). The van der Waals surface area contributed by atoms with Gasteiger partial charge in [-0.25, -0.2) is 0 Å². The molecule has 0 heterocycles. The standard InChI is InChI=1S/C12H18Cl2N2O/c1-11(2,3)6-12(16,17)7-4-8(13)10(15)9(14)5-7/h4-5,17H,6,15-16H2,1-3H3. The van der Waals surface area contributed by atoms with Crippen molar-refractivity contribution in [3.8, 4) is 0 Å². The zero-order chi connectivity index (χ0) is 13.4. The maximum atomic E-state index is 10.3. The third-order valence-electron chi connectivity index (χ3n) is 2.38. The maximum absolute atomic E-state index is 10.3. The lowest BCUT2D eigenvalue weighted by Gasteiger charge is -2.31. The van der Waals surface area contributed by atoms with Crippen LogP contribution in [0.25, 0.3) is 0 Å². The van der Waals surface area contributed by atoms with E-state index in [1.807, 2.05) is 20.8 Å². The highest BCUT2D eigenvalue weighted by atomic mass is 35.5. The van der Waals surface area contributed by atoms with Crippen LogP contribution in [-0.2, 0) is 5.72 Å². The van der Waals surface area contributed by atoms with E-state index in [0.717, 1.165) is 0 Å². The molecule has 0 bridgehead atoms. The molecule has 5 N–H and O–H groups in total. The van der Waals surface area contributed by atoms with Gasteiger partial charge in [0, 0.05) is 5.56 Å². The lowest BCUT2D eigenvalue weighted by atomic mass is 9.83. The summed E-state index contributed by atoms with van der Waals surface area (Å²) in [5.74, 6) is 0. The summed E-state index contributed by atoms with van der Waals surface area (Å²) in [6, 6.07) is 3.10. The van der Waals surface area contributed by atoms with Crippen LogP contribution in [0.15, 0.2) is 12.1 Å². The van der Waals surface area contributed by atoms with E-state index in [1.54, 1.807) is 12.1 Å². The SMILES string of the molecule is CC(C)(C)CC(N)(O)c1cc(Cl)c(N)c(Cl)c1. The number of nitrogen functional groups attached to an aromatic ring is 1. The van der Waals surface area contributed by atoms with Crippen molar-refractivity contribution in [1.29, 1.82) is 0 Å². The van der Waals surface area contributed by atoms with Crippen LogP contribution in [-0.4, -0.2) is 5.11 Å². The Hall–Kier alpha value is -0.480. The molecular weight excluding hydrogens is 259 g/mol. The summed E-state index contributed by atoms with van der Waals surface area (Å²) in [4.78, 5) is 0. The first-order valence-electron chi connectivity index (χ1n) is 5.29. The van der Waals surface area contributed by atoms with Gasteiger partial charge in [0.15, 0.2) is 0 Å². The fourth-order valence-electron chi connectivity index (χ4n) is 1.74. The Kier molecular flexibility index (Phi) is 3.99. The molecule has 0 fully saturated rings. The molecule has 0 aliphatic rings. The van der Waals surface area contributed by atoms with Crippen LogP contribution in [0, 0.1) is 5.41 Å². The van der Waals surface area contributed by atoms with Crippen LogP contribution in [0.2, 0.25) is 10.0 Å². The lowest BCUT2D eigenvalue weighted by molar-refractivity contribution is 0.00293. The van der Waals surface area contributed by atoms with Crippen molar-refractivity contribution < 1.29 is 5.11 Å². The number of anilines is 1. The van der Waals surface area contributed by atoms with Gasteiger partial charge in [-0.1, -0.05) is 44.0 Å². The van der Waals surface area contributed by atoms with Crippen LogP contribution >= 0.6 is 23.2 Å². The molecule has 0 aliphatic carbocycles. The van der Waals surface area contributed by atoms with Crippen molar-refractivity contribution in [2.75, 3.05) is 5.73 Å². The Bertz CT molecular complexity index is 402. The zero-order valence-corrected chi connectivity index (χ0v) is 11.7. The van der Waals surface area contributed by atoms with Gasteiger partial charge < -0.3 is 10.8 Å². The van der Waals surface area contributed by atoms with E-state index in [1.165, 1.54) is 0 Å². The average molecular weight is 277 g/mol. The van der Waals surface area contributed by atoms with Crippen LogP contribution in [0.1, 0.15) is 32.8 Å². The summed E-state index contributed by atoms with van der Waals surface area (Å²) in [6.45, 7) is 5.97. The van der Waals surface area contributed by atoms with Crippen molar-refractivity contribution in [3.63, 3.8) is 0 Å². The van der Waals surface area contributed by atoms with Gasteiger partial charge >= 0.3 is 0 Å². The topological polar surface area (TPSA) is 72.3 Å². The Balaban J connectivity index is 3.16. The molecule has 1 aromatic rings. The maximum Gasteiger partial charge on any atom is 0.140 e. The number of hydrogen-bond donors (Lipinski definition) is 3. The summed E-state index contributed by atoms with van der Waals surface area (Å²) in [7, 11) is 0. The zero-order valence-electron chi connectivity index (χ0n) is 10.2. The number of aliphatic hydroxyl groups is 1. The van der Waals surface area contributed by atoms with Gasteiger partial charge in [-0.2, -0.15) is 0 Å². The number of halogens is 2. The second-order valence-electron chi connectivity index (χ2n) is 5.52. The molecule has 0 saturated carbocycles. The quantitative estimate of drug-likeness (QED) is 0.574. The van der Waals surface area contributed by atoms with Crippen molar-refractivity contribution in [1.82, 2.24) is 0 Å². The van der Waals surface area contributed by atoms with Gasteiger partial charge in [-0.05, 0) is 24.0 Å². The third kappa shape index (κ3) is 3.75. The number of benzene rings is 1. The lowest BCUT2D eigenvalue weighted by Crippen LogP contribution is -2.40. The van der Waals surface area contributed by atoms with Crippen molar-refractivity contribution >= 4 is 28.9 Å². The van der Waals surface area contributed by atoms with Crippen LogP contribution in [0.5, 0.6) is 0 Å².